The highest BCUT2D eigenvalue weighted by Gasteiger charge is 2.19. The van der Waals surface area contributed by atoms with Gasteiger partial charge in [0.05, 0.1) is 12.5 Å². The minimum Gasteiger partial charge on any atom is -0.486 e. The third-order valence-electron chi connectivity index (χ3n) is 4.43. The summed E-state index contributed by atoms with van der Waals surface area (Å²) < 4.78 is 26.6. The molecule has 1 aliphatic rings. The Labute approximate surface area is 156 Å². The van der Waals surface area contributed by atoms with Crippen molar-refractivity contribution in [3.63, 3.8) is 0 Å². The first kappa shape index (κ1) is 17.1. The first-order chi connectivity index (χ1) is 13.2. The van der Waals surface area contributed by atoms with Gasteiger partial charge in [0.15, 0.2) is 11.5 Å². The molecule has 2 heterocycles. The summed E-state index contributed by atoms with van der Waals surface area (Å²) in [4.78, 5) is 12.7. The number of halogens is 1. The molecule has 0 saturated heterocycles. The summed E-state index contributed by atoms with van der Waals surface area (Å²) in [6.45, 7) is 1.00. The van der Waals surface area contributed by atoms with Crippen molar-refractivity contribution in [1.29, 1.82) is 0 Å². The molecule has 2 aromatic carbocycles. The highest BCUT2D eigenvalue weighted by atomic mass is 19.1. The van der Waals surface area contributed by atoms with Crippen LogP contribution >= 0.6 is 0 Å². The maximum absolute atomic E-state index is 13.7. The molecule has 0 aliphatic carbocycles. The number of amides is 1. The second-order valence-electron chi connectivity index (χ2n) is 6.31. The van der Waals surface area contributed by atoms with Crippen LogP contribution in [0.5, 0.6) is 11.5 Å². The van der Waals surface area contributed by atoms with Gasteiger partial charge >= 0.3 is 0 Å². The lowest BCUT2D eigenvalue weighted by atomic mass is 10.0. The highest BCUT2D eigenvalue weighted by Crippen LogP contribution is 2.33. The van der Waals surface area contributed by atoms with Crippen molar-refractivity contribution in [3.05, 3.63) is 78.4 Å². The zero-order chi connectivity index (χ0) is 18.6. The molecule has 1 aromatic heterocycles. The van der Waals surface area contributed by atoms with Crippen LogP contribution in [-0.2, 0) is 4.79 Å². The molecule has 5 nitrogen and oxygen atoms in total. The molecule has 27 heavy (non-hydrogen) atoms. The van der Waals surface area contributed by atoms with Gasteiger partial charge in [0.2, 0.25) is 5.91 Å². The van der Waals surface area contributed by atoms with E-state index < -0.39 is 0 Å². The molecule has 0 unspecified atom stereocenters. The van der Waals surface area contributed by atoms with Gasteiger partial charge in [-0.2, -0.15) is 0 Å². The molecule has 0 spiro atoms. The first-order valence-electron chi connectivity index (χ1n) is 8.76. The van der Waals surface area contributed by atoms with E-state index in [1.54, 1.807) is 24.3 Å². The predicted octanol–water partition coefficient (Wildman–Crippen LogP) is 4.02. The molecule has 1 N–H and O–H groups in total. The molecule has 1 aliphatic heterocycles. The van der Waals surface area contributed by atoms with E-state index in [9.17, 15) is 9.18 Å². The van der Waals surface area contributed by atoms with E-state index in [0.29, 0.717) is 30.4 Å². The number of carbonyl (C=O) groups is 1. The number of hydrogen-bond acceptors (Lipinski definition) is 3. The minimum absolute atomic E-state index is 0.172. The van der Waals surface area contributed by atoms with Gasteiger partial charge in [0, 0.05) is 24.1 Å². The average molecular weight is 366 g/mol. The number of anilines is 1. The number of rotatable bonds is 5. The number of fused-ring (bicyclic) bond motifs is 1. The lowest BCUT2D eigenvalue weighted by Crippen LogP contribution is -2.20. The number of nitrogens with one attached hydrogen (secondary N) is 1. The number of carbonyl (C=O) groups excluding carboxylic acids is 1. The Morgan fingerprint density at radius 2 is 1.81 bits per heavy atom. The van der Waals surface area contributed by atoms with Crippen LogP contribution < -0.4 is 14.8 Å². The van der Waals surface area contributed by atoms with Gasteiger partial charge in [0.25, 0.3) is 0 Å². The Hall–Kier alpha value is -3.28. The Morgan fingerprint density at radius 3 is 2.59 bits per heavy atom. The Bertz CT molecular complexity index is 940. The number of benzene rings is 2. The average Bonchev–Trinajstić information content (AvgIpc) is 3.20. The van der Waals surface area contributed by atoms with Crippen LogP contribution in [0.3, 0.4) is 0 Å². The maximum atomic E-state index is 13.7. The van der Waals surface area contributed by atoms with Crippen molar-refractivity contribution in [3.8, 4) is 11.5 Å². The van der Waals surface area contributed by atoms with Crippen molar-refractivity contribution >= 4 is 11.6 Å². The largest absolute Gasteiger partial charge is 0.486 e. The maximum Gasteiger partial charge on any atom is 0.226 e. The van der Waals surface area contributed by atoms with Crippen LogP contribution in [0, 0.1) is 5.82 Å². The molecule has 138 valence electrons. The zero-order valence-corrected chi connectivity index (χ0v) is 14.6. The Kier molecular flexibility index (Phi) is 4.78. The summed E-state index contributed by atoms with van der Waals surface area (Å²) in [7, 11) is 0. The van der Waals surface area contributed by atoms with Crippen molar-refractivity contribution in [2.45, 2.75) is 12.5 Å². The van der Waals surface area contributed by atoms with E-state index in [1.165, 1.54) is 12.1 Å². The molecular weight excluding hydrogens is 347 g/mol. The Balaban J connectivity index is 1.52. The summed E-state index contributed by atoms with van der Waals surface area (Å²) in [6, 6.07) is 15.1. The molecule has 0 bridgehead atoms. The van der Waals surface area contributed by atoms with Crippen LogP contribution in [0.1, 0.15) is 18.0 Å². The molecule has 3 aromatic rings. The number of aromatic nitrogens is 1. The van der Waals surface area contributed by atoms with Crippen molar-refractivity contribution < 1.29 is 18.7 Å². The van der Waals surface area contributed by atoms with E-state index in [4.69, 9.17) is 9.47 Å². The lowest BCUT2D eigenvalue weighted by Gasteiger charge is -2.21. The molecular formula is C21H19FN2O3. The van der Waals surface area contributed by atoms with Crippen LogP contribution in [0.4, 0.5) is 10.1 Å². The molecule has 4 rings (SSSR count). The van der Waals surface area contributed by atoms with Gasteiger partial charge in [-0.25, -0.2) is 4.39 Å². The van der Waals surface area contributed by atoms with Crippen LogP contribution in [-0.4, -0.2) is 23.7 Å². The van der Waals surface area contributed by atoms with Gasteiger partial charge < -0.3 is 19.4 Å². The second kappa shape index (κ2) is 7.53. The SMILES string of the molecule is O=C(C[C@@H](c1cccc(F)c1)n1cccc1)Nc1ccc2c(c1)OCCO2. The van der Waals surface area contributed by atoms with Crippen LogP contribution in [0.2, 0.25) is 0 Å². The van der Waals surface area contributed by atoms with Gasteiger partial charge in [-0.05, 0) is 42.0 Å². The molecule has 6 heteroatoms. The monoisotopic (exact) mass is 366 g/mol. The number of ether oxygens (including phenoxy) is 2. The summed E-state index contributed by atoms with van der Waals surface area (Å²) in [6.07, 6.45) is 3.91. The van der Waals surface area contributed by atoms with Crippen LogP contribution in [0.25, 0.3) is 0 Å². The lowest BCUT2D eigenvalue weighted by molar-refractivity contribution is -0.116. The van der Waals surface area contributed by atoms with Crippen molar-refractivity contribution in [1.82, 2.24) is 4.57 Å². The smallest absolute Gasteiger partial charge is 0.226 e. The molecule has 0 radical (unpaired) electrons. The van der Waals surface area contributed by atoms with Crippen molar-refractivity contribution in [2.75, 3.05) is 18.5 Å². The fourth-order valence-corrected chi connectivity index (χ4v) is 3.17. The fraction of sp³-hybridized carbons (Fsp3) is 0.190. The quantitative estimate of drug-likeness (QED) is 0.742. The summed E-state index contributed by atoms with van der Waals surface area (Å²) >= 11 is 0. The standard InChI is InChI=1S/C21H19FN2O3/c22-16-5-3-4-15(12-16)18(24-8-1-2-9-24)14-21(25)23-17-6-7-19-20(13-17)27-11-10-26-19/h1-9,12-13,18H,10-11,14H2,(H,23,25)/t18-/m0/s1. The number of nitrogens with zero attached hydrogens (tertiary/aromatic N) is 1. The predicted molar refractivity (Wildman–Crippen MR) is 99.6 cm³/mol. The van der Waals surface area contributed by atoms with Gasteiger partial charge in [-0.15, -0.1) is 0 Å². The third-order valence-corrected chi connectivity index (χ3v) is 4.43. The Morgan fingerprint density at radius 1 is 1.04 bits per heavy atom. The summed E-state index contributed by atoms with van der Waals surface area (Å²) in [5, 5.41) is 2.89. The summed E-state index contributed by atoms with van der Waals surface area (Å²) in [5.41, 5.74) is 1.37. The summed E-state index contributed by atoms with van der Waals surface area (Å²) in [5.74, 6) is 0.793. The highest BCUT2D eigenvalue weighted by molar-refractivity contribution is 5.91. The van der Waals surface area contributed by atoms with E-state index in [2.05, 4.69) is 5.32 Å². The topological polar surface area (TPSA) is 52.5 Å². The molecule has 0 fully saturated rings. The van der Waals surface area contributed by atoms with E-state index in [0.717, 1.165) is 5.56 Å². The van der Waals surface area contributed by atoms with Crippen molar-refractivity contribution in [2.24, 2.45) is 0 Å². The van der Waals surface area contributed by atoms with Crippen LogP contribution in [0.15, 0.2) is 67.0 Å². The third kappa shape index (κ3) is 3.95. The van der Waals surface area contributed by atoms with E-state index >= 15 is 0 Å². The zero-order valence-electron chi connectivity index (χ0n) is 14.6. The number of hydrogen-bond donors (Lipinski definition) is 1. The first-order valence-corrected chi connectivity index (χ1v) is 8.76. The normalized spacial score (nSPS) is 13.8. The van der Waals surface area contributed by atoms with Gasteiger partial charge in [-0.1, -0.05) is 12.1 Å². The van der Waals surface area contributed by atoms with Gasteiger partial charge in [0.1, 0.15) is 19.0 Å². The minimum atomic E-state index is -0.322. The van der Waals surface area contributed by atoms with E-state index in [-0.39, 0.29) is 24.2 Å². The molecule has 0 saturated carbocycles. The van der Waals surface area contributed by atoms with E-state index in [1.807, 2.05) is 35.2 Å². The fourth-order valence-electron chi connectivity index (χ4n) is 3.17. The molecule has 1 amide bonds. The van der Waals surface area contributed by atoms with Gasteiger partial charge in [-0.3, -0.25) is 4.79 Å². The molecule has 1 atom stereocenters. The second-order valence-corrected chi connectivity index (χ2v) is 6.31.